The van der Waals surface area contributed by atoms with E-state index in [-0.39, 0.29) is 5.97 Å². The average Bonchev–Trinajstić information content (AvgIpc) is 2.46. The van der Waals surface area contributed by atoms with Crippen LogP contribution < -0.4 is 0 Å². The van der Waals surface area contributed by atoms with Gasteiger partial charge in [-0.1, -0.05) is 12.1 Å². The number of carbonyl (C=O) groups excluding carboxylic acids is 1. The molecular weight excluding hydrogens is 226 g/mol. The number of carbonyl (C=O) groups is 1. The van der Waals surface area contributed by atoms with Gasteiger partial charge < -0.3 is 4.74 Å². The Morgan fingerprint density at radius 3 is 2.11 bits per heavy atom. The van der Waals surface area contributed by atoms with E-state index in [4.69, 9.17) is 0 Å². The lowest BCUT2D eigenvalue weighted by Crippen LogP contribution is -2.01. The van der Waals surface area contributed by atoms with E-state index in [1.165, 1.54) is 18.2 Å². The van der Waals surface area contributed by atoms with Crippen molar-refractivity contribution in [3.63, 3.8) is 0 Å². The molecule has 0 saturated heterocycles. The number of esters is 1. The molecule has 0 amide bonds. The number of nitrogens with zero attached hydrogens (tertiary/aromatic N) is 1. The maximum atomic E-state index is 11.3. The lowest BCUT2D eigenvalue weighted by Gasteiger charge is -2.03. The van der Waals surface area contributed by atoms with Crippen LogP contribution in [0.25, 0.3) is 0 Å². The third-order valence-electron chi connectivity index (χ3n) is 2.83. The minimum atomic E-state index is -0.296. The normalized spacial score (nSPS) is 10.1. The van der Waals surface area contributed by atoms with Crippen molar-refractivity contribution in [3.8, 4) is 0 Å². The molecule has 0 unspecified atom stereocenters. The molecule has 1 heterocycles. The molecule has 2 aromatic rings. The fourth-order valence-electron chi connectivity index (χ4n) is 1.76. The van der Waals surface area contributed by atoms with Crippen molar-refractivity contribution >= 4 is 5.97 Å². The van der Waals surface area contributed by atoms with Crippen molar-refractivity contribution in [2.75, 3.05) is 7.11 Å². The highest BCUT2D eigenvalue weighted by Crippen LogP contribution is 2.09. The van der Waals surface area contributed by atoms with Crippen LogP contribution in [0.5, 0.6) is 0 Å². The summed E-state index contributed by atoms with van der Waals surface area (Å²) in [5.41, 5.74) is 3.06. The van der Waals surface area contributed by atoms with E-state index in [2.05, 4.69) is 9.72 Å². The van der Waals surface area contributed by atoms with Crippen LogP contribution in [0, 0.1) is 0 Å². The summed E-state index contributed by atoms with van der Waals surface area (Å²) in [7, 11) is 1.39. The standard InChI is InChI=1S/C15H15NO2/c1-18-15(17)14-6-4-12(5-7-14)2-3-13-8-10-16-11-9-13/h4-11H,2-3H2,1H3. The maximum Gasteiger partial charge on any atom is 0.337 e. The Morgan fingerprint density at radius 2 is 1.56 bits per heavy atom. The topological polar surface area (TPSA) is 39.2 Å². The van der Waals surface area contributed by atoms with Gasteiger partial charge in [0.1, 0.15) is 0 Å². The van der Waals surface area contributed by atoms with E-state index >= 15 is 0 Å². The van der Waals surface area contributed by atoms with Gasteiger partial charge in [-0.3, -0.25) is 4.98 Å². The van der Waals surface area contributed by atoms with Gasteiger partial charge in [-0.25, -0.2) is 4.79 Å². The van der Waals surface area contributed by atoms with Crippen molar-refractivity contribution in [1.82, 2.24) is 4.98 Å². The molecule has 3 heteroatoms. The molecule has 0 N–H and O–H groups in total. The first-order valence-corrected chi connectivity index (χ1v) is 5.86. The lowest BCUT2D eigenvalue weighted by atomic mass is 10.0. The largest absolute Gasteiger partial charge is 0.465 e. The van der Waals surface area contributed by atoms with Crippen LogP contribution in [0.1, 0.15) is 21.5 Å². The molecule has 0 spiro atoms. The van der Waals surface area contributed by atoms with Crippen LogP contribution in [0.15, 0.2) is 48.8 Å². The lowest BCUT2D eigenvalue weighted by molar-refractivity contribution is 0.0600. The van der Waals surface area contributed by atoms with Gasteiger partial charge in [0.2, 0.25) is 0 Å². The number of pyridine rings is 1. The number of rotatable bonds is 4. The number of hydrogen-bond donors (Lipinski definition) is 0. The monoisotopic (exact) mass is 241 g/mol. The van der Waals surface area contributed by atoms with Gasteiger partial charge in [0.05, 0.1) is 12.7 Å². The molecule has 0 aliphatic heterocycles. The number of aryl methyl sites for hydroxylation is 2. The van der Waals surface area contributed by atoms with E-state index < -0.39 is 0 Å². The first kappa shape index (κ1) is 12.3. The molecular formula is C15H15NO2. The Labute approximate surface area is 106 Å². The third-order valence-corrected chi connectivity index (χ3v) is 2.83. The fourth-order valence-corrected chi connectivity index (χ4v) is 1.76. The van der Waals surface area contributed by atoms with Crippen molar-refractivity contribution in [1.29, 1.82) is 0 Å². The summed E-state index contributed by atoms with van der Waals surface area (Å²) in [5.74, 6) is -0.296. The summed E-state index contributed by atoms with van der Waals surface area (Å²) >= 11 is 0. The van der Waals surface area contributed by atoms with Gasteiger partial charge in [-0.2, -0.15) is 0 Å². The molecule has 0 bridgehead atoms. The molecule has 3 nitrogen and oxygen atoms in total. The number of hydrogen-bond acceptors (Lipinski definition) is 3. The third kappa shape index (κ3) is 3.17. The number of ether oxygens (including phenoxy) is 1. The summed E-state index contributed by atoms with van der Waals surface area (Å²) in [4.78, 5) is 15.3. The Balaban J connectivity index is 1.97. The zero-order valence-corrected chi connectivity index (χ0v) is 10.3. The Kier molecular flexibility index (Phi) is 4.07. The first-order valence-electron chi connectivity index (χ1n) is 5.86. The molecule has 0 aliphatic carbocycles. The molecule has 92 valence electrons. The summed E-state index contributed by atoms with van der Waals surface area (Å²) in [6, 6.07) is 11.6. The van der Waals surface area contributed by atoms with Crippen LogP contribution in [0.2, 0.25) is 0 Å². The van der Waals surface area contributed by atoms with Crippen LogP contribution in [0.4, 0.5) is 0 Å². The van der Waals surface area contributed by atoms with Crippen LogP contribution in [0.3, 0.4) is 0 Å². The average molecular weight is 241 g/mol. The predicted octanol–water partition coefficient (Wildman–Crippen LogP) is 2.65. The number of benzene rings is 1. The van der Waals surface area contributed by atoms with E-state index in [9.17, 15) is 4.79 Å². The Bertz CT molecular complexity index is 506. The molecule has 1 aromatic carbocycles. The van der Waals surface area contributed by atoms with Gasteiger partial charge in [-0.05, 0) is 48.2 Å². The second-order valence-electron chi connectivity index (χ2n) is 4.04. The molecule has 18 heavy (non-hydrogen) atoms. The quantitative estimate of drug-likeness (QED) is 0.772. The highest BCUT2D eigenvalue weighted by Gasteiger charge is 2.04. The molecule has 0 aliphatic rings. The predicted molar refractivity (Wildman–Crippen MR) is 69.4 cm³/mol. The number of aromatic nitrogens is 1. The zero-order valence-electron chi connectivity index (χ0n) is 10.3. The van der Waals surface area contributed by atoms with Crippen LogP contribution in [-0.2, 0) is 17.6 Å². The van der Waals surface area contributed by atoms with Gasteiger partial charge in [0.15, 0.2) is 0 Å². The van der Waals surface area contributed by atoms with Gasteiger partial charge >= 0.3 is 5.97 Å². The zero-order chi connectivity index (χ0) is 12.8. The summed E-state index contributed by atoms with van der Waals surface area (Å²) < 4.78 is 4.66. The summed E-state index contributed by atoms with van der Waals surface area (Å²) in [5, 5.41) is 0. The van der Waals surface area contributed by atoms with Crippen LogP contribution in [-0.4, -0.2) is 18.1 Å². The van der Waals surface area contributed by atoms with Gasteiger partial charge in [0.25, 0.3) is 0 Å². The minimum absolute atomic E-state index is 0.296. The summed E-state index contributed by atoms with van der Waals surface area (Å²) in [6.45, 7) is 0. The van der Waals surface area contributed by atoms with E-state index in [0.717, 1.165) is 12.8 Å². The second kappa shape index (κ2) is 5.96. The molecule has 0 atom stereocenters. The number of methoxy groups -OCH3 is 1. The minimum Gasteiger partial charge on any atom is -0.465 e. The second-order valence-corrected chi connectivity index (χ2v) is 4.04. The molecule has 2 rings (SSSR count). The highest BCUT2D eigenvalue weighted by molar-refractivity contribution is 5.89. The molecule has 0 radical (unpaired) electrons. The maximum absolute atomic E-state index is 11.3. The first-order chi connectivity index (χ1) is 8.79. The molecule has 1 aromatic heterocycles. The molecule has 0 saturated carbocycles. The summed E-state index contributed by atoms with van der Waals surface area (Å²) in [6.07, 6.45) is 5.52. The van der Waals surface area contributed by atoms with Crippen molar-refractivity contribution < 1.29 is 9.53 Å². The van der Waals surface area contributed by atoms with Gasteiger partial charge in [0, 0.05) is 12.4 Å². The Hall–Kier alpha value is -2.16. The SMILES string of the molecule is COC(=O)c1ccc(CCc2ccncc2)cc1. The molecule has 0 fully saturated rings. The van der Waals surface area contributed by atoms with E-state index in [0.29, 0.717) is 5.56 Å². The Morgan fingerprint density at radius 1 is 1.00 bits per heavy atom. The smallest absolute Gasteiger partial charge is 0.337 e. The van der Waals surface area contributed by atoms with E-state index in [1.807, 2.05) is 24.3 Å². The fraction of sp³-hybridized carbons (Fsp3) is 0.200. The van der Waals surface area contributed by atoms with Crippen molar-refractivity contribution in [2.45, 2.75) is 12.8 Å². The highest BCUT2D eigenvalue weighted by atomic mass is 16.5. The van der Waals surface area contributed by atoms with Crippen LogP contribution >= 0.6 is 0 Å². The van der Waals surface area contributed by atoms with Crippen molar-refractivity contribution in [2.24, 2.45) is 0 Å². The van der Waals surface area contributed by atoms with E-state index in [1.54, 1.807) is 24.5 Å². The van der Waals surface area contributed by atoms with Gasteiger partial charge in [-0.15, -0.1) is 0 Å². The van der Waals surface area contributed by atoms with Crippen molar-refractivity contribution in [3.05, 3.63) is 65.5 Å².